The zero-order chi connectivity index (χ0) is 21.2. The summed E-state index contributed by atoms with van der Waals surface area (Å²) < 4.78 is 7.22. The minimum atomic E-state index is -0.268. The third-order valence-electron chi connectivity index (χ3n) is 5.09. The molecular formula is C25H19N3O2S. The maximum atomic E-state index is 13.1. The Balaban J connectivity index is 1.68. The molecule has 1 aliphatic heterocycles. The third kappa shape index (κ3) is 3.73. The first-order valence-electron chi connectivity index (χ1n) is 9.87. The molecule has 3 aromatic carbocycles. The summed E-state index contributed by atoms with van der Waals surface area (Å²) >= 11 is 1.35. The van der Waals surface area contributed by atoms with Gasteiger partial charge in [-0.25, -0.2) is 4.99 Å². The first kappa shape index (κ1) is 19.2. The van der Waals surface area contributed by atoms with E-state index in [-0.39, 0.29) is 11.6 Å². The molecule has 0 saturated heterocycles. The van der Waals surface area contributed by atoms with E-state index in [1.54, 1.807) is 7.11 Å². The molecule has 0 radical (unpaired) electrons. The summed E-state index contributed by atoms with van der Waals surface area (Å²) in [4.78, 5) is 18.6. The van der Waals surface area contributed by atoms with E-state index in [1.807, 2.05) is 91.0 Å². The molecule has 152 valence electrons. The fourth-order valence-electron chi connectivity index (χ4n) is 3.51. The van der Waals surface area contributed by atoms with Crippen LogP contribution < -0.4 is 19.6 Å². The van der Waals surface area contributed by atoms with Crippen LogP contribution in [0.5, 0.6) is 5.75 Å². The maximum absolute atomic E-state index is 13.1. The zero-order valence-corrected chi connectivity index (χ0v) is 17.6. The summed E-state index contributed by atoms with van der Waals surface area (Å²) in [5.74, 6) is 0.775. The van der Waals surface area contributed by atoms with Crippen molar-refractivity contribution in [2.24, 2.45) is 10.1 Å². The van der Waals surface area contributed by atoms with Gasteiger partial charge in [-0.15, -0.1) is 0 Å². The van der Waals surface area contributed by atoms with Gasteiger partial charge in [0.25, 0.3) is 5.56 Å². The molecule has 0 saturated carbocycles. The van der Waals surface area contributed by atoms with Crippen LogP contribution in [0.25, 0.3) is 6.08 Å². The molecule has 4 aromatic rings. The molecule has 0 N–H and O–H groups in total. The molecule has 0 amide bonds. The molecule has 5 nitrogen and oxygen atoms in total. The highest BCUT2D eigenvalue weighted by molar-refractivity contribution is 7.07. The topological polar surface area (TPSA) is 56.0 Å². The molecule has 31 heavy (non-hydrogen) atoms. The van der Waals surface area contributed by atoms with E-state index >= 15 is 0 Å². The molecule has 0 bridgehead atoms. The minimum absolute atomic E-state index is 0.167. The number of hydrogen-bond donors (Lipinski definition) is 0. The van der Waals surface area contributed by atoms with Gasteiger partial charge in [-0.3, -0.25) is 4.79 Å². The predicted octanol–water partition coefficient (Wildman–Crippen LogP) is 3.37. The summed E-state index contributed by atoms with van der Waals surface area (Å²) in [7, 11) is 1.63. The number of rotatable bonds is 4. The summed E-state index contributed by atoms with van der Waals surface area (Å²) in [6.45, 7) is 0. The second kappa shape index (κ2) is 8.16. The average Bonchev–Trinajstić information content (AvgIpc) is 3.14. The van der Waals surface area contributed by atoms with Crippen molar-refractivity contribution in [3.05, 3.63) is 121 Å². The van der Waals surface area contributed by atoms with Crippen molar-refractivity contribution in [3.8, 4) is 5.75 Å². The first-order valence-corrected chi connectivity index (χ1v) is 10.7. The Morgan fingerprint density at radius 3 is 2.29 bits per heavy atom. The Bertz CT molecular complexity index is 1420. The molecule has 0 spiro atoms. The van der Waals surface area contributed by atoms with Gasteiger partial charge in [0.1, 0.15) is 11.8 Å². The second-order valence-corrected chi connectivity index (χ2v) is 8.09. The minimum Gasteiger partial charge on any atom is -0.497 e. The molecule has 0 aliphatic carbocycles. The van der Waals surface area contributed by atoms with E-state index in [9.17, 15) is 4.79 Å². The number of methoxy groups -OCH3 is 1. The van der Waals surface area contributed by atoms with Gasteiger partial charge in [0.05, 0.1) is 17.4 Å². The standard InChI is InChI=1S/C25H19N3O2S/c1-30-20-14-12-17(13-15-20)16-21-24(29)28-25(31-21)26-22(18-8-4-2-5-9-18)23(27-28)19-10-6-3-7-11-19/h2-16,22H,1H3/b21-16+. The van der Waals surface area contributed by atoms with Gasteiger partial charge < -0.3 is 4.74 Å². The Hall–Kier alpha value is -3.77. The summed E-state index contributed by atoms with van der Waals surface area (Å²) in [5, 5.41) is 4.76. The highest BCUT2D eigenvalue weighted by Crippen LogP contribution is 2.24. The van der Waals surface area contributed by atoms with E-state index in [2.05, 4.69) is 0 Å². The molecular weight excluding hydrogens is 406 g/mol. The maximum Gasteiger partial charge on any atom is 0.291 e. The molecule has 1 aromatic heterocycles. The highest BCUT2D eigenvalue weighted by Gasteiger charge is 2.24. The summed E-state index contributed by atoms with van der Waals surface area (Å²) in [6.07, 6.45) is 1.86. The largest absolute Gasteiger partial charge is 0.497 e. The van der Waals surface area contributed by atoms with Crippen LogP contribution in [0.3, 0.4) is 0 Å². The van der Waals surface area contributed by atoms with Gasteiger partial charge in [0.2, 0.25) is 4.80 Å². The van der Waals surface area contributed by atoms with E-state index in [0.717, 1.165) is 28.2 Å². The van der Waals surface area contributed by atoms with Crippen molar-refractivity contribution in [2.75, 3.05) is 7.11 Å². The van der Waals surface area contributed by atoms with Gasteiger partial charge in [-0.05, 0) is 29.3 Å². The van der Waals surface area contributed by atoms with Crippen molar-refractivity contribution >= 4 is 23.1 Å². The van der Waals surface area contributed by atoms with Crippen LogP contribution in [0.1, 0.15) is 22.7 Å². The molecule has 2 heterocycles. The van der Waals surface area contributed by atoms with E-state index in [4.69, 9.17) is 14.8 Å². The Labute approximate surface area is 182 Å². The van der Waals surface area contributed by atoms with Gasteiger partial charge in [-0.2, -0.15) is 9.78 Å². The van der Waals surface area contributed by atoms with Gasteiger partial charge in [-0.1, -0.05) is 84.1 Å². The monoisotopic (exact) mass is 425 g/mol. The van der Waals surface area contributed by atoms with E-state index in [1.165, 1.54) is 16.0 Å². The van der Waals surface area contributed by atoms with Crippen LogP contribution in [0.2, 0.25) is 0 Å². The quantitative estimate of drug-likeness (QED) is 0.503. The number of fused-ring (bicyclic) bond motifs is 1. The lowest BCUT2D eigenvalue weighted by Crippen LogP contribution is -2.34. The molecule has 5 rings (SSSR count). The summed E-state index contributed by atoms with van der Waals surface area (Å²) in [6, 6.07) is 27.3. The smallest absolute Gasteiger partial charge is 0.291 e. The highest BCUT2D eigenvalue weighted by atomic mass is 32.1. The van der Waals surface area contributed by atoms with Gasteiger partial charge in [0, 0.05) is 5.56 Å². The van der Waals surface area contributed by atoms with Crippen LogP contribution >= 0.6 is 11.3 Å². The number of hydrogen-bond acceptors (Lipinski definition) is 5. The van der Waals surface area contributed by atoms with Crippen LogP contribution in [0, 0.1) is 0 Å². The van der Waals surface area contributed by atoms with Crippen LogP contribution in [0.15, 0.2) is 99.8 Å². The fourth-order valence-corrected chi connectivity index (χ4v) is 4.45. The van der Waals surface area contributed by atoms with Crippen molar-refractivity contribution in [2.45, 2.75) is 6.04 Å². The number of benzene rings is 3. The number of nitrogens with zero attached hydrogens (tertiary/aromatic N) is 3. The lowest BCUT2D eigenvalue weighted by Gasteiger charge is -2.19. The Morgan fingerprint density at radius 1 is 0.935 bits per heavy atom. The Kier molecular flexibility index (Phi) is 5.06. The lowest BCUT2D eigenvalue weighted by atomic mass is 9.97. The van der Waals surface area contributed by atoms with Crippen molar-refractivity contribution in [1.29, 1.82) is 0 Å². The zero-order valence-electron chi connectivity index (χ0n) is 16.8. The molecule has 6 heteroatoms. The SMILES string of the molecule is COc1ccc(/C=c2/sc3n(c2=O)N=C(c2ccccc2)C(c2ccccc2)N=3)cc1. The first-order chi connectivity index (χ1) is 15.2. The van der Waals surface area contributed by atoms with Crippen molar-refractivity contribution < 1.29 is 4.74 Å². The number of ether oxygens (including phenoxy) is 1. The molecule has 0 fully saturated rings. The van der Waals surface area contributed by atoms with Crippen LogP contribution in [0.4, 0.5) is 0 Å². The number of aromatic nitrogens is 1. The lowest BCUT2D eigenvalue weighted by molar-refractivity contribution is 0.415. The third-order valence-corrected chi connectivity index (χ3v) is 6.06. The second-order valence-electron chi connectivity index (χ2n) is 7.08. The van der Waals surface area contributed by atoms with Crippen molar-refractivity contribution in [3.63, 3.8) is 0 Å². The van der Waals surface area contributed by atoms with Gasteiger partial charge >= 0.3 is 0 Å². The normalized spacial score (nSPS) is 15.7. The predicted molar refractivity (Wildman–Crippen MR) is 123 cm³/mol. The van der Waals surface area contributed by atoms with Crippen LogP contribution in [-0.2, 0) is 0 Å². The average molecular weight is 426 g/mol. The van der Waals surface area contributed by atoms with Crippen molar-refractivity contribution in [1.82, 2.24) is 4.68 Å². The fraction of sp³-hybridized carbons (Fsp3) is 0.0800. The Morgan fingerprint density at radius 2 is 1.61 bits per heavy atom. The molecule has 1 unspecified atom stereocenters. The van der Waals surface area contributed by atoms with Crippen LogP contribution in [-0.4, -0.2) is 17.5 Å². The van der Waals surface area contributed by atoms with Gasteiger partial charge in [0.15, 0.2) is 0 Å². The summed E-state index contributed by atoms with van der Waals surface area (Å²) in [5.41, 5.74) is 3.50. The molecule has 1 aliphatic rings. The molecule has 1 atom stereocenters. The van der Waals surface area contributed by atoms with E-state index < -0.39 is 0 Å². The van der Waals surface area contributed by atoms with E-state index in [0.29, 0.717) is 9.33 Å². The number of thiazole rings is 1.